The van der Waals surface area contributed by atoms with Gasteiger partial charge in [0.2, 0.25) is 11.8 Å². The van der Waals surface area contributed by atoms with E-state index >= 15 is 0 Å². The molecule has 0 aliphatic carbocycles. The molecule has 3 heterocycles. The minimum Gasteiger partial charge on any atom is -0.473 e. The van der Waals surface area contributed by atoms with Gasteiger partial charge in [0.05, 0.1) is 25.3 Å². The van der Waals surface area contributed by atoms with Crippen molar-refractivity contribution in [3.63, 3.8) is 0 Å². The maximum Gasteiger partial charge on any atom is 0.356 e. The number of pyridine rings is 1. The van der Waals surface area contributed by atoms with Crippen molar-refractivity contribution in [2.24, 2.45) is 0 Å². The first kappa shape index (κ1) is 28.9. The smallest absolute Gasteiger partial charge is 0.356 e. The number of carbonyl (C=O) groups excluding carboxylic acids is 2. The molecule has 1 atom stereocenters. The minimum absolute atomic E-state index is 0.0139. The summed E-state index contributed by atoms with van der Waals surface area (Å²) < 4.78 is 29.9. The molecule has 0 spiro atoms. The highest BCUT2D eigenvalue weighted by molar-refractivity contribution is 6.30. The van der Waals surface area contributed by atoms with Crippen molar-refractivity contribution < 1.29 is 28.2 Å². The molecule has 0 unspecified atom stereocenters. The molecule has 216 valence electrons. The molecule has 0 saturated carbocycles. The Kier molecular flexibility index (Phi) is 9.20. The molecule has 0 radical (unpaired) electrons. The second-order valence-electron chi connectivity index (χ2n) is 9.41. The van der Waals surface area contributed by atoms with Crippen LogP contribution in [0.15, 0.2) is 66.9 Å². The topological polar surface area (TPSA) is 125 Å². The zero-order valence-electron chi connectivity index (χ0n) is 22.6. The Hall–Kier alpha value is -4.61. The summed E-state index contributed by atoms with van der Waals surface area (Å²) >= 11 is 5.80. The number of anilines is 2. The van der Waals surface area contributed by atoms with Gasteiger partial charge in [-0.2, -0.15) is 4.98 Å². The average Bonchev–Trinajstić information content (AvgIpc) is 2.96. The van der Waals surface area contributed by atoms with E-state index in [1.807, 2.05) is 0 Å². The summed E-state index contributed by atoms with van der Waals surface area (Å²) in [5.74, 6) is -0.232. The molecule has 2 N–H and O–H groups in total. The molecule has 2 aromatic heterocycles. The van der Waals surface area contributed by atoms with Crippen molar-refractivity contribution in [2.45, 2.75) is 25.6 Å². The number of carbonyl (C=O) groups is 2. The molecular weight excluding hydrogens is 565 g/mol. The van der Waals surface area contributed by atoms with Gasteiger partial charge < -0.3 is 24.8 Å². The van der Waals surface area contributed by atoms with Crippen molar-refractivity contribution in [3.05, 3.63) is 94.5 Å². The van der Waals surface area contributed by atoms with Gasteiger partial charge in [0.25, 0.3) is 0 Å². The lowest BCUT2D eigenvalue weighted by Crippen LogP contribution is -2.34. The Morgan fingerprint density at radius 1 is 1.10 bits per heavy atom. The fourth-order valence-electron chi connectivity index (χ4n) is 4.07. The summed E-state index contributed by atoms with van der Waals surface area (Å²) in [4.78, 5) is 37.9. The van der Waals surface area contributed by atoms with E-state index in [2.05, 4.69) is 25.6 Å². The quantitative estimate of drug-likeness (QED) is 0.230. The Morgan fingerprint density at radius 3 is 2.62 bits per heavy atom. The van der Waals surface area contributed by atoms with Crippen LogP contribution in [-0.2, 0) is 27.3 Å². The number of nitrogens with zero attached hydrogens (tertiary/aromatic N) is 3. The highest BCUT2D eigenvalue weighted by atomic mass is 35.5. The number of hydrogen-bond acceptors (Lipinski definition) is 9. The van der Waals surface area contributed by atoms with E-state index in [0.29, 0.717) is 41.1 Å². The summed E-state index contributed by atoms with van der Waals surface area (Å²) in [6.45, 7) is 1.19. The lowest BCUT2D eigenvalue weighted by molar-refractivity contribution is -0.115. The molecule has 4 aromatic rings. The van der Waals surface area contributed by atoms with Crippen molar-refractivity contribution in [1.29, 1.82) is 0 Å². The molecule has 12 heteroatoms. The molecule has 0 bridgehead atoms. The van der Waals surface area contributed by atoms with E-state index in [-0.39, 0.29) is 36.6 Å². The van der Waals surface area contributed by atoms with Gasteiger partial charge in [-0.1, -0.05) is 41.9 Å². The van der Waals surface area contributed by atoms with Crippen LogP contribution in [0.25, 0.3) is 11.4 Å². The van der Waals surface area contributed by atoms with E-state index in [0.717, 1.165) is 17.5 Å². The lowest BCUT2D eigenvalue weighted by Gasteiger charge is -2.27. The number of methoxy groups -OCH3 is 1. The standard InChI is InChI=1S/C30H27ClFN5O5/c1-40-30(39)25-9-8-24(29(36-25)34-16-22-11-13-41-22)35-26(38)14-18-2-4-19(5-3-18)28-33-12-10-27(37-28)42-17-20-6-7-21(31)15-23(20)32/h2-10,12,15,22H,11,13-14,16-17H2,1H3,(H,34,36)(H,35,38)/t22-/m0/s1. The number of hydrogen-bond donors (Lipinski definition) is 2. The minimum atomic E-state index is -0.576. The molecular formula is C30H27ClFN5O5. The van der Waals surface area contributed by atoms with E-state index < -0.39 is 11.8 Å². The molecule has 10 nitrogen and oxygen atoms in total. The van der Waals surface area contributed by atoms with Crippen LogP contribution in [-0.4, -0.2) is 53.2 Å². The van der Waals surface area contributed by atoms with Crippen LogP contribution in [0.4, 0.5) is 15.9 Å². The second kappa shape index (κ2) is 13.4. The Morgan fingerprint density at radius 2 is 1.90 bits per heavy atom. The molecule has 1 saturated heterocycles. The second-order valence-corrected chi connectivity index (χ2v) is 9.85. The maximum absolute atomic E-state index is 14.1. The van der Waals surface area contributed by atoms with Gasteiger partial charge in [-0.3, -0.25) is 4.79 Å². The zero-order valence-corrected chi connectivity index (χ0v) is 23.4. The van der Waals surface area contributed by atoms with Crippen LogP contribution in [0, 0.1) is 5.82 Å². The van der Waals surface area contributed by atoms with Crippen LogP contribution in [0.5, 0.6) is 5.88 Å². The van der Waals surface area contributed by atoms with Crippen molar-refractivity contribution in [2.75, 3.05) is 30.9 Å². The first-order chi connectivity index (χ1) is 20.4. The third-order valence-electron chi connectivity index (χ3n) is 6.45. The van der Waals surface area contributed by atoms with Crippen molar-refractivity contribution in [1.82, 2.24) is 15.0 Å². The van der Waals surface area contributed by atoms with Crippen LogP contribution >= 0.6 is 11.6 Å². The van der Waals surface area contributed by atoms with E-state index in [9.17, 15) is 14.0 Å². The monoisotopic (exact) mass is 591 g/mol. The summed E-state index contributed by atoms with van der Waals surface area (Å²) in [5.41, 5.74) is 2.39. The first-order valence-corrected chi connectivity index (χ1v) is 13.5. The van der Waals surface area contributed by atoms with E-state index in [1.165, 1.54) is 19.2 Å². The fraction of sp³-hybridized carbons (Fsp3) is 0.233. The van der Waals surface area contributed by atoms with Gasteiger partial charge in [0.15, 0.2) is 17.3 Å². The predicted molar refractivity (Wildman–Crippen MR) is 154 cm³/mol. The number of rotatable bonds is 11. The fourth-order valence-corrected chi connectivity index (χ4v) is 4.23. The molecule has 1 amide bonds. The molecule has 42 heavy (non-hydrogen) atoms. The van der Waals surface area contributed by atoms with Gasteiger partial charge in [0, 0.05) is 41.6 Å². The zero-order chi connectivity index (χ0) is 29.5. The van der Waals surface area contributed by atoms with Gasteiger partial charge in [-0.25, -0.2) is 19.2 Å². The number of benzene rings is 2. The molecule has 1 aliphatic heterocycles. The maximum atomic E-state index is 14.1. The highest BCUT2D eigenvalue weighted by Crippen LogP contribution is 2.23. The normalized spacial score (nSPS) is 14.0. The number of amides is 1. The van der Waals surface area contributed by atoms with Gasteiger partial charge in [-0.05, 0) is 36.2 Å². The number of halogens is 2. The number of aromatic nitrogens is 3. The van der Waals surface area contributed by atoms with Crippen LogP contribution in [0.3, 0.4) is 0 Å². The Balaban J connectivity index is 1.21. The molecule has 1 fully saturated rings. The molecule has 1 aliphatic rings. The number of nitrogens with one attached hydrogen (secondary N) is 2. The van der Waals surface area contributed by atoms with Gasteiger partial charge in [0.1, 0.15) is 12.4 Å². The Bertz CT molecular complexity index is 1580. The van der Waals surface area contributed by atoms with E-state index in [1.54, 1.807) is 54.7 Å². The van der Waals surface area contributed by atoms with Gasteiger partial charge >= 0.3 is 5.97 Å². The van der Waals surface area contributed by atoms with Crippen LogP contribution in [0.2, 0.25) is 5.02 Å². The summed E-state index contributed by atoms with van der Waals surface area (Å²) in [6.07, 6.45) is 2.63. The predicted octanol–water partition coefficient (Wildman–Crippen LogP) is 5.08. The largest absolute Gasteiger partial charge is 0.473 e. The number of ether oxygens (including phenoxy) is 3. The average molecular weight is 592 g/mol. The van der Waals surface area contributed by atoms with Crippen molar-refractivity contribution >= 4 is 35.0 Å². The molecule has 5 rings (SSSR count). The third-order valence-corrected chi connectivity index (χ3v) is 6.69. The van der Waals surface area contributed by atoms with Crippen LogP contribution < -0.4 is 15.4 Å². The third kappa shape index (κ3) is 7.36. The molecule has 2 aromatic carbocycles. The van der Waals surface area contributed by atoms with Crippen molar-refractivity contribution in [3.8, 4) is 17.3 Å². The SMILES string of the molecule is COC(=O)c1ccc(NC(=O)Cc2ccc(-c3nccc(OCc4ccc(Cl)cc4F)n3)cc2)c(NC[C@@H]2CCO2)n1. The highest BCUT2D eigenvalue weighted by Gasteiger charge is 2.20. The summed E-state index contributed by atoms with van der Waals surface area (Å²) in [7, 11) is 1.28. The summed E-state index contributed by atoms with van der Waals surface area (Å²) in [6, 6.07) is 16.3. The lowest BCUT2D eigenvalue weighted by atomic mass is 10.1. The first-order valence-electron chi connectivity index (χ1n) is 13.1. The van der Waals surface area contributed by atoms with E-state index in [4.69, 9.17) is 25.8 Å². The number of esters is 1. The Labute approximate surface area is 246 Å². The summed E-state index contributed by atoms with van der Waals surface area (Å²) in [5, 5.41) is 6.32. The van der Waals surface area contributed by atoms with Crippen LogP contribution in [0.1, 0.15) is 28.0 Å². The van der Waals surface area contributed by atoms with Gasteiger partial charge in [-0.15, -0.1) is 0 Å².